The summed E-state index contributed by atoms with van der Waals surface area (Å²) < 4.78 is 1.93. The summed E-state index contributed by atoms with van der Waals surface area (Å²) in [5, 5.41) is 4.14. The number of nitrogens with one attached hydrogen (secondary N) is 1. The van der Waals surface area contributed by atoms with Gasteiger partial charge in [0.25, 0.3) is 5.91 Å². The number of aromatic nitrogens is 4. The third-order valence-electron chi connectivity index (χ3n) is 5.78. The van der Waals surface area contributed by atoms with Crippen molar-refractivity contribution in [1.82, 2.24) is 29.6 Å². The Bertz CT molecular complexity index is 1010. The highest BCUT2D eigenvalue weighted by Gasteiger charge is 2.24. The summed E-state index contributed by atoms with van der Waals surface area (Å²) in [6.45, 7) is 4.20. The molecule has 8 heteroatoms. The standard InChI is InChI=1S/C23H29ClN6O/c1-17(13-19-14-25-9-10-26-19)27-15-20-22(28-21-8-7-18(24)16-30(20)21)23(31)29-11-5-3-2-4-6-12-29/h7-10,14,16-17,27H,2-6,11-13,15H2,1H3/t17-/m0/s1. The number of nitrogens with zero attached hydrogens (tertiary/aromatic N) is 5. The van der Waals surface area contributed by atoms with Gasteiger partial charge in [0.15, 0.2) is 5.69 Å². The molecule has 7 nitrogen and oxygen atoms in total. The molecule has 0 aliphatic carbocycles. The van der Waals surface area contributed by atoms with Gasteiger partial charge >= 0.3 is 0 Å². The number of imidazole rings is 1. The van der Waals surface area contributed by atoms with E-state index < -0.39 is 0 Å². The lowest BCUT2D eigenvalue weighted by atomic mass is 10.1. The molecule has 4 heterocycles. The second-order valence-electron chi connectivity index (χ2n) is 8.23. The van der Waals surface area contributed by atoms with Crippen molar-refractivity contribution in [3.63, 3.8) is 0 Å². The quantitative estimate of drug-likeness (QED) is 0.629. The Labute approximate surface area is 187 Å². The number of likely N-dealkylation sites (tertiary alicyclic amines) is 1. The lowest BCUT2D eigenvalue weighted by molar-refractivity contribution is 0.0735. The minimum Gasteiger partial charge on any atom is -0.337 e. The van der Waals surface area contributed by atoms with E-state index in [4.69, 9.17) is 16.6 Å². The Kier molecular flexibility index (Phi) is 7.14. The SMILES string of the molecule is C[C@@H](Cc1cnccn1)NCc1c(C(=O)N2CCCCCCC2)nc2ccc(Cl)cn12. The van der Waals surface area contributed by atoms with Gasteiger partial charge in [-0.15, -0.1) is 0 Å². The van der Waals surface area contributed by atoms with Gasteiger partial charge in [0.1, 0.15) is 5.65 Å². The van der Waals surface area contributed by atoms with Crippen LogP contribution >= 0.6 is 11.6 Å². The largest absolute Gasteiger partial charge is 0.337 e. The molecule has 1 saturated heterocycles. The molecule has 1 fully saturated rings. The predicted molar refractivity (Wildman–Crippen MR) is 121 cm³/mol. The topological polar surface area (TPSA) is 75.4 Å². The smallest absolute Gasteiger partial charge is 0.274 e. The summed E-state index contributed by atoms with van der Waals surface area (Å²) >= 11 is 6.26. The third kappa shape index (κ3) is 5.40. The highest BCUT2D eigenvalue weighted by atomic mass is 35.5. The molecule has 0 spiro atoms. The van der Waals surface area contributed by atoms with Crippen LogP contribution in [0.4, 0.5) is 0 Å². The second-order valence-corrected chi connectivity index (χ2v) is 8.66. The Morgan fingerprint density at radius 1 is 1.16 bits per heavy atom. The van der Waals surface area contributed by atoms with Gasteiger partial charge in [-0.1, -0.05) is 30.9 Å². The number of hydrogen-bond donors (Lipinski definition) is 1. The molecule has 3 aromatic heterocycles. The minimum absolute atomic E-state index is 0.0140. The number of rotatable bonds is 6. The van der Waals surface area contributed by atoms with Crippen molar-refractivity contribution in [2.75, 3.05) is 13.1 Å². The van der Waals surface area contributed by atoms with Crippen LogP contribution in [0, 0.1) is 0 Å². The van der Waals surface area contributed by atoms with Crippen molar-refractivity contribution >= 4 is 23.2 Å². The normalized spacial score (nSPS) is 16.1. The number of hydrogen-bond acceptors (Lipinski definition) is 5. The molecule has 1 N–H and O–H groups in total. The molecule has 0 bridgehead atoms. The molecular weight excluding hydrogens is 412 g/mol. The van der Waals surface area contributed by atoms with E-state index in [-0.39, 0.29) is 11.9 Å². The number of amides is 1. The van der Waals surface area contributed by atoms with Crippen LogP contribution in [0.5, 0.6) is 0 Å². The molecular formula is C23H29ClN6O. The van der Waals surface area contributed by atoms with Crippen molar-refractivity contribution < 1.29 is 4.79 Å². The van der Waals surface area contributed by atoms with E-state index in [0.29, 0.717) is 17.3 Å². The van der Waals surface area contributed by atoms with Gasteiger partial charge < -0.3 is 14.6 Å². The maximum absolute atomic E-state index is 13.4. The van der Waals surface area contributed by atoms with Gasteiger partial charge in [0.05, 0.1) is 16.4 Å². The van der Waals surface area contributed by atoms with Crippen molar-refractivity contribution in [1.29, 1.82) is 0 Å². The average molecular weight is 441 g/mol. The van der Waals surface area contributed by atoms with Crippen LogP contribution in [-0.4, -0.2) is 49.3 Å². The second kappa shape index (κ2) is 10.2. The molecule has 1 aliphatic heterocycles. The highest BCUT2D eigenvalue weighted by Crippen LogP contribution is 2.20. The van der Waals surface area contributed by atoms with Gasteiger partial charge in [0, 0.05) is 56.9 Å². The van der Waals surface area contributed by atoms with Crippen molar-refractivity contribution in [2.24, 2.45) is 0 Å². The van der Waals surface area contributed by atoms with Crippen molar-refractivity contribution in [3.8, 4) is 0 Å². The van der Waals surface area contributed by atoms with Crippen molar-refractivity contribution in [2.45, 2.75) is 58.0 Å². The van der Waals surface area contributed by atoms with Crippen LogP contribution in [0.15, 0.2) is 36.9 Å². The van der Waals surface area contributed by atoms with Crippen LogP contribution < -0.4 is 5.32 Å². The summed E-state index contributed by atoms with van der Waals surface area (Å²) in [6, 6.07) is 3.83. The molecule has 164 valence electrons. The Morgan fingerprint density at radius 3 is 2.68 bits per heavy atom. The van der Waals surface area contributed by atoms with Gasteiger partial charge in [-0.25, -0.2) is 4.98 Å². The van der Waals surface area contributed by atoms with E-state index >= 15 is 0 Å². The van der Waals surface area contributed by atoms with Gasteiger partial charge in [0.2, 0.25) is 0 Å². The number of pyridine rings is 1. The number of fused-ring (bicyclic) bond motifs is 1. The zero-order chi connectivity index (χ0) is 21.6. The lowest BCUT2D eigenvalue weighted by Gasteiger charge is -2.24. The predicted octanol–water partition coefficient (Wildman–Crippen LogP) is 3.90. The fraction of sp³-hybridized carbons (Fsp3) is 0.478. The number of carbonyl (C=O) groups is 1. The molecule has 3 aromatic rings. The first-order chi connectivity index (χ1) is 15.1. The Balaban J connectivity index is 1.56. The molecule has 1 atom stereocenters. The van der Waals surface area contributed by atoms with Crippen LogP contribution in [0.1, 0.15) is 60.9 Å². The Morgan fingerprint density at radius 2 is 1.94 bits per heavy atom. The van der Waals surface area contributed by atoms with E-state index in [0.717, 1.165) is 49.4 Å². The summed E-state index contributed by atoms with van der Waals surface area (Å²) in [4.78, 5) is 28.6. The summed E-state index contributed by atoms with van der Waals surface area (Å²) in [6.07, 6.45) is 13.5. The number of halogens is 1. The maximum Gasteiger partial charge on any atom is 0.274 e. The van der Waals surface area contributed by atoms with Crippen LogP contribution in [-0.2, 0) is 13.0 Å². The average Bonchev–Trinajstić information content (AvgIpc) is 3.10. The minimum atomic E-state index is 0.0140. The first-order valence-corrected chi connectivity index (χ1v) is 11.4. The molecule has 31 heavy (non-hydrogen) atoms. The van der Waals surface area contributed by atoms with Gasteiger partial charge in [-0.3, -0.25) is 14.8 Å². The first kappa shape index (κ1) is 21.7. The maximum atomic E-state index is 13.4. The Hall–Kier alpha value is -2.51. The van der Waals surface area contributed by atoms with Gasteiger partial charge in [-0.2, -0.15) is 0 Å². The highest BCUT2D eigenvalue weighted by molar-refractivity contribution is 6.30. The van der Waals surface area contributed by atoms with E-state index in [1.807, 2.05) is 27.6 Å². The molecule has 0 radical (unpaired) electrons. The van der Waals surface area contributed by atoms with E-state index in [9.17, 15) is 4.79 Å². The monoisotopic (exact) mass is 440 g/mol. The first-order valence-electron chi connectivity index (χ1n) is 11.1. The van der Waals surface area contributed by atoms with Crippen LogP contribution in [0.3, 0.4) is 0 Å². The number of carbonyl (C=O) groups excluding carboxylic acids is 1. The lowest BCUT2D eigenvalue weighted by Crippen LogP contribution is -2.35. The summed E-state index contributed by atoms with van der Waals surface area (Å²) in [5.74, 6) is 0.0140. The van der Waals surface area contributed by atoms with E-state index in [1.165, 1.54) is 19.3 Å². The molecule has 1 amide bonds. The molecule has 0 aromatic carbocycles. The van der Waals surface area contributed by atoms with Gasteiger partial charge in [-0.05, 0) is 31.9 Å². The fourth-order valence-electron chi connectivity index (χ4n) is 4.10. The molecule has 0 saturated carbocycles. The summed E-state index contributed by atoms with van der Waals surface area (Å²) in [5.41, 5.74) is 3.02. The third-order valence-corrected chi connectivity index (χ3v) is 6.00. The molecule has 1 aliphatic rings. The molecule has 4 rings (SSSR count). The van der Waals surface area contributed by atoms with Crippen LogP contribution in [0.2, 0.25) is 5.02 Å². The van der Waals surface area contributed by atoms with E-state index in [2.05, 4.69) is 22.2 Å². The van der Waals surface area contributed by atoms with Crippen molar-refractivity contribution in [3.05, 3.63) is 59.0 Å². The van der Waals surface area contributed by atoms with E-state index in [1.54, 1.807) is 18.6 Å². The fourth-order valence-corrected chi connectivity index (χ4v) is 4.26. The van der Waals surface area contributed by atoms with Crippen LogP contribution in [0.25, 0.3) is 5.65 Å². The summed E-state index contributed by atoms with van der Waals surface area (Å²) in [7, 11) is 0. The molecule has 0 unspecified atom stereocenters. The zero-order valence-electron chi connectivity index (χ0n) is 17.9. The zero-order valence-corrected chi connectivity index (χ0v) is 18.7.